The molecule has 0 saturated carbocycles. The summed E-state index contributed by atoms with van der Waals surface area (Å²) in [6.07, 6.45) is 8.17. The highest BCUT2D eigenvalue weighted by atomic mass is 35.5. The van der Waals surface area contributed by atoms with E-state index >= 15 is 0 Å². The lowest BCUT2D eigenvalue weighted by Gasteiger charge is -2.30. The van der Waals surface area contributed by atoms with Crippen molar-refractivity contribution in [1.82, 2.24) is 5.32 Å². The molecule has 1 nitrogen and oxygen atoms in total. The zero-order valence-electron chi connectivity index (χ0n) is 14.5. The average Bonchev–Trinajstić information content (AvgIpc) is 2.56. The molecule has 1 fully saturated rings. The summed E-state index contributed by atoms with van der Waals surface area (Å²) >= 11 is 6.66. The van der Waals surface area contributed by atoms with Crippen LogP contribution in [0.5, 0.6) is 0 Å². The van der Waals surface area contributed by atoms with Crippen molar-refractivity contribution in [2.45, 2.75) is 39.5 Å². The molecule has 1 heterocycles. The largest absolute Gasteiger partial charge is 0.316 e. The zero-order valence-corrected chi connectivity index (χ0v) is 15.3. The molecule has 1 aromatic carbocycles. The lowest BCUT2D eigenvalue weighted by Crippen LogP contribution is -2.33. The minimum atomic E-state index is 0.508. The van der Waals surface area contributed by atoms with Gasteiger partial charge in [-0.05, 0) is 55.0 Å². The maximum absolute atomic E-state index is 6.66. The topological polar surface area (TPSA) is 12.0 Å². The molecule has 1 aliphatic heterocycles. The van der Waals surface area contributed by atoms with Crippen molar-refractivity contribution in [2.75, 3.05) is 13.1 Å². The molecule has 0 aliphatic carbocycles. The van der Waals surface area contributed by atoms with Crippen molar-refractivity contribution in [3.8, 4) is 0 Å². The van der Waals surface area contributed by atoms with E-state index in [2.05, 4.69) is 56.9 Å². The summed E-state index contributed by atoms with van der Waals surface area (Å²) in [7, 11) is 0. The summed E-state index contributed by atoms with van der Waals surface area (Å²) < 4.78 is 0. The van der Waals surface area contributed by atoms with E-state index in [-0.39, 0.29) is 0 Å². The maximum Gasteiger partial charge on any atom is 0.0447 e. The molecule has 0 radical (unpaired) electrons. The number of hydrogen-bond donors (Lipinski definition) is 1. The van der Waals surface area contributed by atoms with Crippen molar-refractivity contribution in [1.29, 1.82) is 0 Å². The molecule has 1 saturated heterocycles. The first-order valence-electron chi connectivity index (χ1n) is 8.57. The number of piperidine rings is 1. The first kappa shape index (κ1) is 18.0. The zero-order chi connectivity index (χ0) is 16.8. The quantitative estimate of drug-likeness (QED) is 0.655. The van der Waals surface area contributed by atoms with Gasteiger partial charge in [-0.1, -0.05) is 68.0 Å². The van der Waals surface area contributed by atoms with Crippen molar-refractivity contribution in [2.24, 2.45) is 5.92 Å². The van der Waals surface area contributed by atoms with E-state index in [0.717, 1.165) is 24.5 Å². The third-order valence-electron chi connectivity index (χ3n) is 4.93. The summed E-state index contributed by atoms with van der Waals surface area (Å²) in [4.78, 5) is 0. The van der Waals surface area contributed by atoms with Crippen molar-refractivity contribution >= 4 is 17.2 Å². The van der Waals surface area contributed by atoms with Crippen LogP contribution in [0.1, 0.15) is 50.7 Å². The Bertz CT molecular complexity index is 612. The highest BCUT2D eigenvalue weighted by Crippen LogP contribution is 2.35. The highest BCUT2D eigenvalue weighted by Gasteiger charge is 2.24. The molecule has 124 valence electrons. The molecule has 2 heteroatoms. The SMILES string of the molecule is C=C/C=C\C(=C(/C)CC)c1ccc([C@H]2CNCCC2C)c(Cl)c1. The van der Waals surface area contributed by atoms with Gasteiger partial charge in [0.1, 0.15) is 0 Å². The number of rotatable bonds is 5. The molecule has 2 atom stereocenters. The van der Waals surface area contributed by atoms with Gasteiger partial charge < -0.3 is 5.32 Å². The van der Waals surface area contributed by atoms with Crippen molar-refractivity contribution < 1.29 is 0 Å². The van der Waals surface area contributed by atoms with Crippen LogP contribution in [0, 0.1) is 5.92 Å². The van der Waals surface area contributed by atoms with Gasteiger partial charge in [-0.15, -0.1) is 0 Å². The van der Waals surface area contributed by atoms with Crippen LogP contribution in [-0.4, -0.2) is 13.1 Å². The van der Waals surface area contributed by atoms with Crippen LogP contribution >= 0.6 is 11.6 Å². The van der Waals surface area contributed by atoms with Crippen molar-refractivity contribution in [3.63, 3.8) is 0 Å². The molecule has 0 spiro atoms. The van der Waals surface area contributed by atoms with Crippen LogP contribution in [0.3, 0.4) is 0 Å². The molecular formula is C21H28ClN. The Hall–Kier alpha value is -1.31. The van der Waals surface area contributed by atoms with Crippen LogP contribution in [0.2, 0.25) is 5.02 Å². The number of benzene rings is 1. The van der Waals surface area contributed by atoms with Crippen LogP contribution in [0.15, 0.2) is 48.6 Å². The molecule has 1 unspecified atom stereocenters. The number of nitrogens with one attached hydrogen (secondary N) is 1. The van der Waals surface area contributed by atoms with Gasteiger partial charge in [-0.3, -0.25) is 0 Å². The molecule has 1 N–H and O–H groups in total. The Morgan fingerprint density at radius 3 is 2.83 bits per heavy atom. The first-order chi connectivity index (χ1) is 11.1. The lowest BCUT2D eigenvalue weighted by atomic mass is 9.82. The standard InChI is InChI=1S/C21H28ClN/c1-5-7-8-18(15(3)6-2)17-9-10-19(21(22)13-17)20-14-23-12-11-16(20)4/h5,7-10,13,16,20,23H,1,6,11-12,14H2,2-4H3/b8-7-,18-15-/t16?,20-/m0/s1. The maximum atomic E-state index is 6.66. The summed E-state index contributed by atoms with van der Waals surface area (Å²) in [6, 6.07) is 6.56. The second kappa shape index (κ2) is 8.52. The van der Waals surface area contributed by atoms with Gasteiger partial charge in [0.05, 0.1) is 0 Å². The van der Waals surface area contributed by atoms with Gasteiger partial charge in [0.2, 0.25) is 0 Å². The summed E-state index contributed by atoms with van der Waals surface area (Å²) in [6.45, 7) is 12.6. The number of hydrogen-bond acceptors (Lipinski definition) is 1. The van der Waals surface area contributed by atoms with E-state index in [1.165, 1.54) is 28.7 Å². The van der Waals surface area contributed by atoms with Gasteiger partial charge in [0.25, 0.3) is 0 Å². The Kier molecular flexibility index (Phi) is 6.68. The molecule has 1 aliphatic rings. The van der Waals surface area contributed by atoms with Gasteiger partial charge in [0, 0.05) is 17.5 Å². The second-order valence-corrected chi connectivity index (χ2v) is 6.86. The Morgan fingerprint density at radius 2 is 2.22 bits per heavy atom. The molecule has 2 rings (SSSR count). The second-order valence-electron chi connectivity index (χ2n) is 6.46. The minimum Gasteiger partial charge on any atom is -0.316 e. The monoisotopic (exact) mass is 329 g/mol. The summed E-state index contributed by atoms with van der Waals surface area (Å²) in [5.41, 5.74) is 5.07. The normalized spacial score (nSPS) is 23.0. The van der Waals surface area contributed by atoms with E-state index in [9.17, 15) is 0 Å². The van der Waals surface area contributed by atoms with Gasteiger partial charge >= 0.3 is 0 Å². The van der Waals surface area contributed by atoms with E-state index in [1.54, 1.807) is 0 Å². The predicted octanol–water partition coefficient (Wildman–Crippen LogP) is 5.98. The van der Waals surface area contributed by atoms with Crippen LogP contribution in [0.25, 0.3) is 5.57 Å². The highest BCUT2D eigenvalue weighted by molar-refractivity contribution is 6.31. The Labute approximate surface area is 146 Å². The molecule has 23 heavy (non-hydrogen) atoms. The molecule has 1 aromatic rings. The fourth-order valence-corrected chi connectivity index (χ4v) is 3.56. The molecular weight excluding hydrogens is 302 g/mol. The van der Waals surface area contributed by atoms with Crippen LogP contribution in [-0.2, 0) is 0 Å². The Balaban J connectivity index is 2.37. The number of allylic oxidation sites excluding steroid dienone is 5. The Morgan fingerprint density at radius 1 is 1.43 bits per heavy atom. The minimum absolute atomic E-state index is 0.508. The summed E-state index contributed by atoms with van der Waals surface area (Å²) in [5.74, 6) is 1.18. The van der Waals surface area contributed by atoms with E-state index in [4.69, 9.17) is 11.6 Å². The third-order valence-corrected chi connectivity index (χ3v) is 5.25. The summed E-state index contributed by atoms with van der Waals surface area (Å²) in [5, 5.41) is 4.38. The van der Waals surface area contributed by atoms with E-state index in [1.807, 2.05) is 12.2 Å². The molecule has 0 amide bonds. The van der Waals surface area contributed by atoms with Gasteiger partial charge in [-0.25, -0.2) is 0 Å². The van der Waals surface area contributed by atoms with E-state index in [0.29, 0.717) is 11.8 Å². The fraction of sp³-hybridized carbons (Fsp3) is 0.429. The van der Waals surface area contributed by atoms with Crippen molar-refractivity contribution in [3.05, 3.63) is 64.7 Å². The van der Waals surface area contributed by atoms with Crippen LogP contribution in [0.4, 0.5) is 0 Å². The predicted molar refractivity (Wildman–Crippen MR) is 103 cm³/mol. The fourth-order valence-electron chi connectivity index (χ4n) is 3.24. The van der Waals surface area contributed by atoms with Gasteiger partial charge in [-0.2, -0.15) is 0 Å². The molecule has 0 bridgehead atoms. The third kappa shape index (κ3) is 4.37. The number of halogens is 1. The molecule has 0 aromatic heterocycles. The lowest BCUT2D eigenvalue weighted by molar-refractivity contribution is 0.348. The smallest absolute Gasteiger partial charge is 0.0447 e. The average molecular weight is 330 g/mol. The van der Waals surface area contributed by atoms with E-state index < -0.39 is 0 Å². The van der Waals surface area contributed by atoms with Crippen LogP contribution < -0.4 is 5.32 Å². The first-order valence-corrected chi connectivity index (χ1v) is 8.95. The van der Waals surface area contributed by atoms with Gasteiger partial charge in [0.15, 0.2) is 0 Å².